The second kappa shape index (κ2) is 6.40. The van der Waals surface area contributed by atoms with Gasteiger partial charge in [0, 0.05) is 16.6 Å². The first-order chi connectivity index (χ1) is 10.8. The molecule has 0 aliphatic rings. The van der Waals surface area contributed by atoms with Crippen molar-refractivity contribution in [2.24, 2.45) is 0 Å². The van der Waals surface area contributed by atoms with Crippen LogP contribution in [0.25, 0.3) is 11.3 Å². The molecule has 2 heterocycles. The monoisotopic (exact) mass is 314 g/mol. The number of ether oxygens (including phenoxy) is 2. The van der Waals surface area contributed by atoms with Gasteiger partial charge < -0.3 is 14.8 Å². The van der Waals surface area contributed by atoms with Gasteiger partial charge in [-0.3, -0.25) is 0 Å². The third-order valence-corrected chi connectivity index (χ3v) is 3.55. The van der Waals surface area contributed by atoms with Crippen LogP contribution in [-0.2, 0) is 0 Å². The Morgan fingerprint density at radius 3 is 2.23 bits per heavy atom. The lowest BCUT2D eigenvalue weighted by Crippen LogP contribution is -2.01. The van der Waals surface area contributed by atoms with Gasteiger partial charge in [-0.05, 0) is 12.1 Å². The molecule has 0 bridgehead atoms. The number of hydrogen-bond donors (Lipinski definition) is 1. The molecule has 3 rings (SSSR count). The molecular weight excluding hydrogens is 300 g/mol. The van der Waals surface area contributed by atoms with Gasteiger partial charge in [-0.15, -0.1) is 11.3 Å². The summed E-state index contributed by atoms with van der Waals surface area (Å²) in [5.41, 5.74) is 4.72. The van der Waals surface area contributed by atoms with Crippen molar-refractivity contribution in [3.8, 4) is 23.0 Å². The zero-order valence-electron chi connectivity index (χ0n) is 12.1. The highest BCUT2D eigenvalue weighted by Crippen LogP contribution is 2.24. The quantitative estimate of drug-likeness (QED) is 0.779. The van der Waals surface area contributed by atoms with Crippen molar-refractivity contribution >= 4 is 23.0 Å². The summed E-state index contributed by atoms with van der Waals surface area (Å²) in [6.45, 7) is 0. The highest BCUT2D eigenvalue weighted by molar-refractivity contribution is 7.07. The summed E-state index contributed by atoms with van der Waals surface area (Å²) in [5.74, 6) is 1.29. The van der Waals surface area contributed by atoms with Gasteiger partial charge in [0.1, 0.15) is 0 Å². The van der Waals surface area contributed by atoms with E-state index in [0.29, 0.717) is 17.7 Å². The predicted molar refractivity (Wildman–Crippen MR) is 86.0 cm³/mol. The van der Waals surface area contributed by atoms with Crippen LogP contribution < -0.4 is 14.8 Å². The molecule has 0 saturated heterocycles. The molecule has 0 saturated carbocycles. The summed E-state index contributed by atoms with van der Waals surface area (Å²) in [4.78, 5) is 12.8. The number of nitrogens with one attached hydrogen (secondary N) is 1. The Bertz CT molecular complexity index is 722. The molecule has 1 aromatic carbocycles. The number of benzene rings is 1. The van der Waals surface area contributed by atoms with E-state index in [1.54, 1.807) is 31.6 Å². The fourth-order valence-corrected chi connectivity index (χ4v) is 2.44. The minimum Gasteiger partial charge on any atom is -0.481 e. The molecule has 0 amide bonds. The van der Waals surface area contributed by atoms with Crippen LogP contribution in [0.1, 0.15) is 0 Å². The zero-order valence-corrected chi connectivity index (χ0v) is 12.9. The molecule has 0 atom stereocenters. The van der Waals surface area contributed by atoms with Gasteiger partial charge in [0.25, 0.3) is 0 Å². The smallest absolute Gasteiger partial charge is 0.233 e. The van der Waals surface area contributed by atoms with Gasteiger partial charge in [0.2, 0.25) is 17.7 Å². The van der Waals surface area contributed by atoms with Gasteiger partial charge >= 0.3 is 0 Å². The van der Waals surface area contributed by atoms with Crippen molar-refractivity contribution in [2.75, 3.05) is 19.5 Å². The maximum Gasteiger partial charge on any atom is 0.233 e. The lowest BCUT2D eigenvalue weighted by Gasteiger charge is -2.08. The third-order valence-electron chi connectivity index (χ3n) is 2.97. The molecule has 0 aliphatic carbocycles. The van der Waals surface area contributed by atoms with Crippen molar-refractivity contribution < 1.29 is 9.47 Å². The van der Waals surface area contributed by atoms with Crippen LogP contribution in [0, 0.1) is 0 Å². The van der Waals surface area contributed by atoms with Crippen molar-refractivity contribution in [3.63, 3.8) is 0 Å². The first-order valence-corrected chi connectivity index (χ1v) is 7.45. The number of thiazole rings is 1. The molecule has 0 fully saturated rings. The van der Waals surface area contributed by atoms with Crippen molar-refractivity contribution in [1.29, 1.82) is 0 Å². The highest BCUT2D eigenvalue weighted by atomic mass is 32.1. The topological polar surface area (TPSA) is 69.2 Å². The number of anilines is 2. The minimum absolute atomic E-state index is 0.414. The van der Waals surface area contributed by atoms with E-state index in [4.69, 9.17) is 9.47 Å². The van der Waals surface area contributed by atoms with Gasteiger partial charge in [0.15, 0.2) is 0 Å². The molecule has 22 heavy (non-hydrogen) atoms. The average molecular weight is 314 g/mol. The Morgan fingerprint density at radius 2 is 1.68 bits per heavy atom. The van der Waals surface area contributed by atoms with Crippen molar-refractivity contribution in [2.45, 2.75) is 0 Å². The van der Waals surface area contributed by atoms with Crippen LogP contribution in [0.15, 0.2) is 41.2 Å². The molecule has 6 nitrogen and oxygen atoms in total. The summed E-state index contributed by atoms with van der Waals surface area (Å²) in [5, 5.41) is 5.14. The van der Waals surface area contributed by atoms with Crippen LogP contribution in [0.5, 0.6) is 11.8 Å². The molecule has 2 aromatic heterocycles. The maximum atomic E-state index is 5.12. The van der Waals surface area contributed by atoms with E-state index < -0.39 is 0 Å². The largest absolute Gasteiger partial charge is 0.481 e. The molecule has 0 radical (unpaired) electrons. The van der Waals surface area contributed by atoms with E-state index in [-0.39, 0.29) is 0 Å². The number of hydrogen-bond acceptors (Lipinski definition) is 7. The number of aromatic nitrogens is 3. The first kappa shape index (κ1) is 14.3. The maximum absolute atomic E-state index is 5.12. The Morgan fingerprint density at radius 1 is 1.00 bits per heavy atom. The molecule has 0 spiro atoms. The summed E-state index contributed by atoms with van der Waals surface area (Å²) in [6, 6.07) is 9.51. The Kier molecular flexibility index (Phi) is 4.15. The van der Waals surface area contributed by atoms with E-state index >= 15 is 0 Å². The van der Waals surface area contributed by atoms with Crippen LogP contribution >= 0.6 is 11.3 Å². The Hall–Kier alpha value is -2.67. The van der Waals surface area contributed by atoms with E-state index in [1.165, 1.54) is 0 Å². The summed E-state index contributed by atoms with van der Waals surface area (Å²) in [7, 11) is 3.10. The van der Waals surface area contributed by atoms with Gasteiger partial charge in [0.05, 0.1) is 31.5 Å². The second-order valence-corrected chi connectivity index (χ2v) is 5.07. The summed E-state index contributed by atoms with van der Waals surface area (Å²) >= 11 is 1.57. The van der Waals surface area contributed by atoms with Crippen molar-refractivity contribution in [1.82, 2.24) is 15.0 Å². The molecule has 3 aromatic rings. The predicted octanol–water partition coefficient (Wildman–Crippen LogP) is 3.36. The Labute approximate surface area is 131 Å². The third kappa shape index (κ3) is 3.15. The lowest BCUT2D eigenvalue weighted by molar-refractivity contribution is 0.373. The van der Waals surface area contributed by atoms with E-state index in [9.17, 15) is 0 Å². The SMILES string of the molecule is COc1cc(OC)nc(Nc2ccc(-c3cscn3)cc2)n1. The number of rotatable bonds is 5. The fourth-order valence-electron chi connectivity index (χ4n) is 1.88. The van der Waals surface area contributed by atoms with E-state index in [1.807, 2.05) is 35.2 Å². The van der Waals surface area contributed by atoms with Gasteiger partial charge in [-0.2, -0.15) is 9.97 Å². The van der Waals surface area contributed by atoms with Crippen LogP contribution in [-0.4, -0.2) is 29.2 Å². The second-order valence-electron chi connectivity index (χ2n) is 4.35. The molecule has 1 N–H and O–H groups in total. The highest BCUT2D eigenvalue weighted by Gasteiger charge is 2.06. The minimum atomic E-state index is 0.414. The number of methoxy groups -OCH3 is 2. The normalized spacial score (nSPS) is 10.3. The fraction of sp³-hybridized carbons (Fsp3) is 0.133. The van der Waals surface area contributed by atoms with E-state index in [2.05, 4.69) is 20.3 Å². The average Bonchev–Trinajstić information content (AvgIpc) is 3.09. The van der Waals surface area contributed by atoms with Gasteiger partial charge in [-0.1, -0.05) is 12.1 Å². The first-order valence-electron chi connectivity index (χ1n) is 6.51. The molecule has 7 heteroatoms. The molecule has 0 unspecified atom stereocenters. The lowest BCUT2D eigenvalue weighted by atomic mass is 10.1. The Balaban J connectivity index is 1.81. The van der Waals surface area contributed by atoms with Crippen molar-refractivity contribution in [3.05, 3.63) is 41.2 Å². The summed E-state index contributed by atoms with van der Waals surface area (Å²) < 4.78 is 10.2. The van der Waals surface area contributed by atoms with Crippen LogP contribution in [0.4, 0.5) is 11.6 Å². The zero-order chi connectivity index (χ0) is 15.4. The van der Waals surface area contributed by atoms with Crippen LogP contribution in [0.2, 0.25) is 0 Å². The standard InChI is InChI=1S/C15H14N4O2S/c1-20-13-7-14(21-2)19-15(18-13)17-11-5-3-10(4-6-11)12-8-22-9-16-12/h3-9H,1-2H3,(H,17,18,19). The molecule has 112 valence electrons. The molecular formula is C15H14N4O2S. The molecule has 0 aliphatic heterocycles. The number of nitrogens with zero attached hydrogens (tertiary/aromatic N) is 3. The van der Waals surface area contributed by atoms with Gasteiger partial charge in [-0.25, -0.2) is 4.98 Å². The van der Waals surface area contributed by atoms with E-state index in [0.717, 1.165) is 16.9 Å². The van der Waals surface area contributed by atoms with Crippen LogP contribution in [0.3, 0.4) is 0 Å². The summed E-state index contributed by atoms with van der Waals surface area (Å²) in [6.07, 6.45) is 0.